The van der Waals surface area contributed by atoms with E-state index in [0.717, 1.165) is 47.9 Å². The number of halogens is 1. The molecule has 4 rings (SSSR count). The van der Waals surface area contributed by atoms with Crippen LogP contribution in [0.3, 0.4) is 0 Å². The van der Waals surface area contributed by atoms with E-state index in [0.29, 0.717) is 28.2 Å². The first-order valence-electron chi connectivity index (χ1n) is 10.4. The van der Waals surface area contributed by atoms with Crippen molar-refractivity contribution in [1.29, 1.82) is 0 Å². The van der Waals surface area contributed by atoms with E-state index in [9.17, 15) is 4.79 Å². The number of carbonyl (C=O) groups excluding carboxylic acids is 1. The zero-order valence-corrected chi connectivity index (χ0v) is 19.2. The van der Waals surface area contributed by atoms with E-state index in [1.54, 1.807) is 6.92 Å². The van der Waals surface area contributed by atoms with Gasteiger partial charge in [-0.05, 0) is 62.6 Å². The molecular formula is C22H25ClN6OS. The summed E-state index contributed by atoms with van der Waals surface area (Å²) < 4.78 is 0. The smallest absolute Gasteiger partial charge is 0.196 e. The van der Waals surface area contributed by atoms with E-state index in [1.165, 1.54) is 18.2 Å². The average Bonchev–Trinajstić information content (AvgIpc) is 3.16. The fourth-order valence-electron chi connectivity index (χ4n) is 3.53. The molecule has 9 heteroatoms. The molecule has 0 saturated carbocycles. The SMILES string of the molecule is CC(=O)Cc1ccc(Sc2nc(Nc3cc(C)[nH]n3)c(Cl)c(N3CCCCC3)n2)cc1. The predicted molar refractivity (Wildman–Crippen MR) is 125 cm³/mol. The van der Waals surface area contributed by atoms with Gasteiger partial charge in [0.15, 0.2) is 22.6 Å². The maximum absolute atomic E-state index is 11.3. The number of ketones is 1. The monoisotopic (exact) mass is 456 g/mol. The first kappa shape index (κ1) is 21.6. The number of H-pyrrole nitrogens is 1. The normalized spacial score (nSPS) is 14.0. The number of carbonyl (C=O) groups is 1. The molecule has 0 unspecified atom stereocenters. The molecule has 0 spiro atoms. The second-order valence-electron chi connectivity index (χ2n) is 7.73. The van der Waals surface area contributed by atoms with Crippen LogP contribution in [0.15, 0.2) is 40.4 Å². The van der Waals surface area contributed by atoms with Crippen LogP contribution in [0.5, 0.6) is 0 Å². The van der Waals surface area contributed by atoms with Crippen LogP contribution in [-0.2, 0) is 11.2 Å². The Morgan fingerprint density at radius 3 is 2.58 bits per heavy atom. The summed E-state index contributed by atoms with van der Waals surface area (Å²) in [5.41, 5.74) is 1.95. The zero-order chi connectivity index (χ0) is 21.8. The van der Waals surface area contributed by atoms with Crippen LogP contribution in [-0.4, -0.2) is 39.0 Å². The minimum Gasteiger partial charge on any atom is -0.355 e. The summed E-state index contributed by atoms with van der Waals surface area (Å²) in [5, 5.41) is 11.5. The van der Waals surface area contributed by atoms with Crippen molar-refractivity contribution >= 4 is 46.6 Å². The molecule has 2 N–H and O–H groups in total. The van der Waals surface area contributed by atoms with E-state index >= 15 is 0 Å². The summed E-state index contributed by atoms with van der Waals surface area (Å²) in [6.07, 6.45) is 3.92. The zero-order valence-electron chi connectivity index (χ0n) is 17.6. The Kier molecular flexibility index (Phi) is 6.77. The largest absolute Gasteiger partial charge is 0.355 e. The van der Waals surface area contributed by atoms with Gasteiger partial charge in [-0.3, -0.25) is 9.89 Å². The number of nitrogens with zero attached hydrogens (tertiary/aromatic N) is 4. The average molecular weight is 457 g/mol. The number of benzene rings is 1. The highest BCUT2D eigenvalue weighted by Crippen LogP contribution is 2.36. The number of hydrogen-bond donors (Lipinski definition) is 2. The van der Waals surface area contributed by atoms with Gasteiger partial charge in [0.2, 0.25) is 0 Å². The number of piperidine rings is 1. The van der Waals surface area contributed by atoms with E-state index in [2.05, 4.69) is 25.4 Å². The fourth-order valence-corrected chi connectivity index (χ4v) is 4.53. The lowest BCUT2D eigenvalue weighted by molar-refractivity contribution is -0.116. The quantitative estimate of drug-likeness (QED) is 0.473. The lowest BCUT2D eigenvalue weighted by Gasteiger charge is -2.29. The van der Waals surface area contributed by atoms with Crippen LogP contribution in [0.1, 0.15) is 37.4 Å². The molecule has 0 aliphatic carbocycles. The molecule has 0 radical (unpaired) electrons. The van der Waals surface area contributed by atoms with Crippen LogP contribution in [0.2, 0.25) is 5.02 Å². The number of rotatable bonds is 7. The van der Waals surface area contributed by atoms with Crippen LogP contribution in [0.4, 0.5) is 17.5 Å². The van der Waals surface area contributed by atoms with Gasteiger partial charge >= 0.3 is 0 Å². The number of aryl methyl sites for hydroxylation is 1. The lowest BCUT2D eigenvalue weighted by atomic mass is 10.1. The summed E-state index contributed by atoms with van der Waals surface area (Å²) in [4.78, 5) is 24.0. The first-order valence-corrected chi connectivity index (χ1v) is 11.5. The number of aromatic nitrogens is 4. The fraction of sp³-hybridized carbons (Fsp3) is 0.364. The summed E-state index contributed by atoms with van der Waals surface area (Å²) in [6, 6.07) is 9.82. The van der Waals surface area contributed by atoms with Gasteiger partial charge in [-0.25, -0.2) is 9.97 Å². The minimum absolute atomic E-state index is 0.150. The van der Waals surface area contributed by atoms with Crippen LogP contribution in [0.25, 0.3) is 0 Å². The maximum Gasteiger partial charge on any atom is 0.196 e. The third-order valence-corrected chi connectivity index (χ3v) is 6.23. The van der Waals surface area contributed by atoms with Gasteiger partial charge in [-0.1, -0.05) is 23.7 Å². The molecule has 3 aromatic rings. The molecule has 7 nitrogen and oxygen atoms in total. The number of hydrogen-bond acceptors (Lipinski definition) is 7. The van der Waals surface area contributed by atoms with E-state index in [4.69, 9.17) is 16.6 Å². The van der Waals surface area contributed by atoms with Crippen LogP contribution < -0.4 is 10.2 Å². The first-order chi connectivity index (χ1) is 15.0. The molecule has 2 aromatic heterocycles. The summed E-state index contributed by atoms with van der Waals surface area (Å²) in [6.45, 7) is 5.40. The number of anilines is 3. The third-order valence-electron chi connectivity index (χ3n) is 5.01. The maximum atomic E-state index is 11.3. The molecule has 0 amide bonds. The van der Waals surface area contributed by atoms with Crippen molar-refractivity contribution in [3.05, 3.63) is 46.6 Å². The highest BCUT2D eigenvalue weighted by atomic mass is 35.5. The van der Waals surface area contributed by atoms with Crippen molar-refractivity contribution in [2.75, 3.05) is 23.3 Å². The van der Waals surface area contributed by atoms with Crippen molar-refractivity contribution in [2.24, 2.45) is 0 Å². The van der Waals surface area contributed by atoms with Gasteiger partial charge in [0.1, 0.15) is 10.8 Å². The standard InChI is InChI=1S/C22H25ClN6OS/c1-14-12-18(28-27-14)24-20-19(23)21(29-10-4-3-5-11-29)26-22(25-20)31-17-8-6-16(7-9-17)13-15(2)30/h6-9,12H,3-5,10-11,13H2,1-2H3,(H2,24,25,26,27,28). The molecule has 1 saturated heterocycles. The molecule has 3 heterocycles. The summed E-state index contributed by atoms with van der Waals surface area (Å²) in [5.74, 6) is 2.10. The number of Topliss-reactive ketones (excluding diaryl/α,β-unsaturated/α-hetero) is 1. The number of nitrogens with one attached hydrogen (secondary N) is 2. The summed E-state index contributed by atoms with van der Waals surface area (Å²) in [7, 11) is 0. The molecule has 162 valence electrons. The van der Waals surface area contributed by atoms with E-state index in [1.807, 2.05) is 37.3 Å². The van der Waals surface area contributed by atoms with E-state index < -0.39 is 0 Å². The molecule has 31 heavy (non-hydrogen) atoms. The second-order valence-corrected chi connectivity index (χ2v) is 9.14. The minimum atomic E-state index is 0.150. The highest BCUT2D eigenvalue weighted by Gasteiger charge is 2.21. The lowest BCUT2D eigenvalue weighted by Crippen LogP contribution is -2.30. The molecule has 1 aromatic carbocycles. The molecular weight excluding hydrogens is 432 g/mol. The van der Waals surface area contributed by atoms with Gasteiger partial charge in [0.05, 0.1) is 0 Å². The summed E-state index contributed by atoms with van der Waals surface area (Å²) >= 11 is 8.21. The van der Waals surface area contributed by atoms with Crippen molar-refractivity contribution in [1.82, 2.24) is 20.2 Å². The Labute approximate surface area is 191 Å². The van der Waals surface area contributed by atoms with Crippen LogP contribution in [0, 0.1) is 6.92 Å². The van der Waals surface area contributed by atoms with Gasteiger partial charge in [-0.15, -0.1) is 0 Å². The van der Waals surface area contributed by atoms with Gasteiger partial charge < -0.3 is 10.2 Å². The number of aromatic amines is 1. The Morgan fingerprint density at radius 1 is 1.19 bits per heavy atom. The Hall–Kier alpha value is -2.58. The Bertz CT molecular complexity index is 1060. The van der Waals surface area contributed by atoms with Crippen molar-refractivity contribution in [2.45, 2.75) is 49.6 Å². The van der Waals surface area contributed by atoms with E-state index in [-0.39, 0.29) is 5.78 Å². The Balaban J connectivity index is 1.63. The van der Waals surface area contributed by atoms with Crippen molar-refractivity contribution < 1.29 is 4.79 Å². The second kappa shape index (κ2) is 9.70. The van der Waals surface area contributed by atoms with Crippen molar-refractivity contribution in [3.8, 4) is 0 Å². The van der Waals surface area contributed by atoms with Gasteiger partial charge in [-0.2, -0.15) is 5.10 Å². The molecule has 1 aliphatic heterocycles. The molecule has 0 atom stereocenters. The van der Waals surface area contributed by atoms with Crippen molar-refractivity contribution in [3.63, 3.8) is 0 Å². The van der Waals surface area contributed by atoms with Gasteiger partial charge in [0.25, 0.3) is 0 Å². The predicted octanol–water partition coefficient (Wildman–Crippen LogP) is 5.18. The van der Waals surface area contributed by atoms with Gasteiger partial charge in [0, 0.05) is 36.2 Å². The highest BCUT2D eigenvalue weighted by molar-refractivity contribution is 7.99. The topological polar surface area (TPSA) is 86.8 Å². The Morgan fingerprint density at radius 2 is 1.94 bits per heavy atom. The van der Waals surface area contributed by atoms with Crippen LogP contribution >= 0.6 is 23.4 Å². The molecule has 0 bridgehead atoms. The third kappa shape index (κ3) is 5.57. The molecule has 1 fully saturated rings. The molecule has 1 aliphatic rings.